The maximum absolute atomic E-state index is 13.1. The number of piperazine rings is 1. The number of benzene rings is 2. The van der Waals surface area contributed by atoms with Gasteiger partial charge >= 0.3 is 5.97 Å². The van der Waals surface area contributed by atoms with Gasteiger partial charge in [-0.2, -0.15) is 0 Å². The predicted molar refractivity (Wildman–Crippen MR) is 118 cm³/mol. The number of anilines is 2. The predicted octanol–water partition coefficient (Wildman–Crippen LogP) is 2.96. The minimum absolute atomic E-state index is 0.185. The van der Waals surface area contributed by atoms with E-state index in [0.717, 1.165) is 50.4 Å². The van der Waals surface area contributed by atoms with E-state index in [0.29, 0.717) is 12.1 Å². The average Bonchev–Trinajstić information content (AvgIpc) is 2.79. The summed E-state index contributed by atoms with van der Waals surface area (Å²) in [6.07, 6.45) is 2.07. The fourth-order valence-electron chi connectivity index (χ4n) is 4.44. The Balaban J connectivity index is 1.37. The number of methoxy groups -OCH3 is 1. The molecule has 0 radical (unpaired) electrons. The maximum Gasteiger partial charge on any atom is 0.337 e. The van der Waals surface area contributed by atoms with Crippen molar-refractivity contribution in [2.45, 2.75) is 25.8 Å². The molecule has 6 nitrogen and oxygen atoms in total. The second-order valence-electron chi connectivity index (χ2n) is 8.08. The molecule has 1 atom stereocenters. The van der Waals surface area contributed by atoms with Gasteiger partial charge < -0.3 is 14.5 Å². The molecule has 0 N–H and O–H groups in total. The van der Waals surface area contributed by atoms with Crippen LogP contribution < -0.4 is 9.80 Å². The van der Waals surface area contributed by atoms with Gasteiger partial charge in [-0.15, -0.1) is 0 Å². The monoisotopic (exact) mass is 407 g/mol. The first kappa shape index (κ1) is 20.4. The van der Waals surface area contributed by atoms with Crippen molar-refractivity contribution in [3.8, 4) is 0 Å². The fraction of sp³-hybridized carbons (Fsp3) is 0.417. The fourth-order valence-corrected chi connectivity index (χ4v) is 4.44. The Hall–Kier alpha value is -2.86. The average molecular weight is 408 g/mol. The summed E-state index contributed by atoms with van der Waals surface area (Å²) in [4.78, 5) is 31.3. The maximum atomic E-state index is 13.1. The van der Waals surface area contributed by atoms with Gasteiger partial charge in [0.25, 0.3) is 0 Å². The molecule has 1 unspecified atom stereocenters. The van der Waals surface area contributed by atoms with Crippen molar-refractivity contribution in [1.82, 2.24) is 4.90 Å². The molecule has 2 heterocycles. The number of amides is 1. The van der Waals surface area contributed by atoms with Crippen LogP contribution in [0.4, 0.5) is 11.4 Å². The number of hydrogen-bond acceptors (Lipinski definition) is 5. The number of para-hydroxylation sites is 1. The molecule has 2 aliphatic heterocycles. The third-order valence-corrected chi connectivity index (χ3v) is 6.17. The molecule has 1 fully saturated rings. The summed E-state index contributed by atoms with van der Waals surface area (Å²) in [6, 6.07) is 16.0. The molecule has 0 bridgehead atoms. The van der Waals surface area contributed by atoms with Crippen LogP contribution in [0.3, 0.4) is 0 Å². The van der Waals surface area contributed by atoms with E-state index >= 15 is 0 Å². The summed E-state index contributed by atoms with van der Waals surface area (Å²) < 4.78 is 4.77. The van der Waals surface area contributed by atoms with Gasteiger partial charge in [0.15, 0.2) is 0 Å². The number of esters is 1. The topological polar surface area (TPSA) is 53.1 Å². The minimum atomic E-state index is -0.322. The molecular weight excluding hydrogens is 378 g/mol. The molecule has 4 rings (SSSR count). The van der Waals surface area contributed by atoms with Crippen LogP contribution in [0.2, 0.25) is 0 Å². The highest BCUT2D eigenvalue weighted by Gasteiger charge is 2.29. The van der Waals surface area contributed by atoms with Crippen molar-refractivity contribution in [2.75, 3.05) is 49.6 Å². The summed E-state index contributed by atoms with van der Waals surface area (Å²) in [5.74, 6) is -0.137. The van der Waals surface area contributed by atoms with Crippen molar-refractivity contribution < 1.29 is 14.3 Å². The Morgan fingerprint density at radius 2 is 1.80 bits per heavy atom. The second-order valence-corrected chi connectivity index (χ2v) is 8.08. The first-order chi connectivity index (χ1) is 14.6. The van der Waals surface area contributed by atoms with Crippen LogP contribution >= 0.6 is 0 Å². The number of ether oxygens (including phenoxy) is 1. The van der Waals surface area contributed by atoms with Crippen LogP contribution in [0.15, 0.2) is 48.5 Å². The minimum Gasteiger partial charge on any atom is -0.465 e. The lowest BCUT2D eigenvalue weighted by molar-refractivity contribution is -0.120. The normalized spacial score (nSPS) is 19.3. The Kier molecular flexibility index (Phi) is 6.04. The van der Waals surface area contributed by atoms with Crippen molar-refractivity contribution in [2.24, 2.45) is 0 Å². The number of hydrogen-bond donors (Lipinski definition) is 0. The van der Waals surface area contributed by atoms with E-state index in [2.05, 4.69) is 28.9 Å². The summed E-state index contributed by atoms with van der Waals surface area (Å²) in [5.41, 5.74) is 3.99. The Labute approximate surface area is 178 Å². The van der Waals surface area contributed by atoms with Crippen LogP contribution in [0.25, 0.3) is 0 Å². The largest absolute Gasteiger partial charge is 0.465 e. The zero-order valence-electron chi connectivity index (χ0n) is 17.7. The van der Waals surface area contributed by atoms with Crippen LogP contribution in [-0.2, 0) is 16.0 Å². The highest BCUT2D eigenvalue weighted by atomic mass is 16.5. The van der Waals surface area contributed by atoms with Gasteiger partial charge in [0.05, 0.1) is 19.2 Å². The summed E-state index contributed by atoms with van der Waals surface area (Å²) >= 11 is 0. The van der Waals surface area contributed by atoms with Crippen LogP contribution in [0, 0.1) is 0 Å². The number of carbonyl (C=O) groups excluding carboxylic acids is 2. The SMILES string of the molecule is COC(=O)c1ccc(N2CCN(CC(=O)N3CCCc4ccccc43)C(C)C2)cc1. The molecule has 1 amide bonds. The molecule has 30 heavy (non-hydrogen) atoms. The van der Waals surface area contributed by atoms with E-state index in [1.54, 1.807) is 12.1 Å². The van der Waals surface area contributed by atoms with Gasteiger partial charge in [-0.1, -0.05) is 18.2 Å². The van der Waals surface area contributed by atoms with Gasteiger partial charge in [0.1, 0.15) is 0 Å². The van der Waals surface area contributed by atoms with Gasteiger partial charge in [-0.3, -0.25) is 9.69 Å². The number of rotatable bonds is 4. The summed E-state index contributed by atoms with van der Waals surface area (Å²) in [7, 11) is 1.39. The Bertz CT molecular complexity index is 912. The van der Waals surface area contributed by atoms with Crippen LogP contribution in [0.1, 0.15) is 29.3 Å². The third-order valence-electron chi connectivity index (χ3n) is 6.17. The highest BCUT2D eigenvalue weighted by Crippen LogP contribution is 2.27. The van der Waals surface area contributed by atoms with Crippen molar-refractivity contribution >= 4 is 23.3 Å². The smallest absolute Gasteiger partial charge is 0.337 e. The van der Waals surface area contributed by atoms with Crippen molar-refractivity contribution in [1.29, 1.82) is 0 Å². The molecular formula is C24H29N3O3. The molecule has 2 aromatic rings. The van der Waals surface area contributed by atoms with E-state index in [4.69, 9.17) is 4.74 Å². The molecule has 0 saturated carbocycles. The lowest BCUT2D eigenvalue weighted by Gasteiger charge is -2.41. The van der Waals surface area contributed by atoms with E-state index in [1.165, 1.54) is 12.7 Å². The molecule has 0 aromatic heterocycles. The molecule has 6 heteroatoms. The highest BCUT2D eigenvalue weighted by molar-refractivity contribution is 5.96. The number of aryl methyl sites for hydroxylation is 1. The standard InChI is InChI=1S/C24H29N3O3/c1-18-16-26(21-11-9-20(10-12-21)24(29)30-2)15-14-25(18)17-23(28)27-13-5-7-19-6-3-4-8-22(19)27/h3-4,6,8-12,18H,5,7,13-17H2,1-2H3. The Morgan fingerprint density at radius 3 is 2.53 bits per heavy atom. The lowest BCUT2D eigenvalue weighted by atomic mass is 10.0. The van der Waals surface area contributed by atoms with Crippen LogP contribution in [-0.4, -0.2) is 62.7 Å². The number of nitrogens with zero attached hydrogens (tertiary/aromatic N) is 3. The van der Waals surface area contributed by atoms with Crippen molar-refractivity contribution in [3.05, 3.63) is 59.7 Å². The molecule has 0 aliphatic carbocycles. The van der Waals surface area contributed by atoms with E-state index in [-0.39, 0.29) is 17.9 Å². The lowest BCUT2D eigenvalue weighted by Crippen LogP contribution is -2.55. The third kappa shape index (κ3) is 4.19. The molecule has 0 spiro atoms. The second kappa shape index (κ2) is 8.88. The van der Waals surface area contributed by atoms with Gasteiger partial charge in [-0.05, 0) is 55.7 Å². The first-order valence-electron chi connectivity index (χ1n) is 10.6. The van der Waals surface area contributed by atoms with E-state index in [9.17, 15) is 9.59 Å². The van der Waals surface area contributed by atoms with Gasteiger partial charge in [0.2, 0.25) is 5.91 Å². The summed E-state index contributed by atoms with van der Waals surface area (Å²) in [6.45, 7) is 5.96. The van der Waals surface area contributed by atoms with E-state index < -0.39 is 0 Å². The van der Waals surface area contributed by atoms with E-state index in [1.807, 2.05) is 29.2 Å². The van der Waals surface area contributed by atoms with Crippen LogP contribution in [0.5, 0.6) is 0 Å². The summed E-state index contributed by atoms with van der Waals surface area (Å²) in [5, 5.41) is 0. The zero-order valence-corrected chi connectivity index (χ0v) is 17.7. The number of carbonyl (C=O) groups is 2. The quantitative estimate of drug-likeness (QED) is 0.730. The van der Waals surface area contributed by atoms with Gasteiger partial charge in [0, 0.05) is 43.6 Å². The molecule has 1 saturated heterocycles. The van der Waals surface area contributed by atoms with Crippen molar-refractivity contribution in [3.63, 3.8) is 0 Å². The Morgan fingerprint density at radius 1 is 1.03 bits per heavy atom. The molecule has 158 valence electrons. The first-order valence-corrected chi connectivity index (χ1v) is 10.6. The zero-order chi connectivity index (χ0) is 21.1. The molecule has 2 aliphatic rings. The van der Waals surface area contributed by atoms with Gasteiger partial charge in [-0.25, -0.2) is 4.79 Å². The molecule has 2 aromatic carbocycles. The number of fused-ring (bicyclic) bond motifs is 1.